The van der Waals surface area contributed by atoms with Crippen LogP contribution in [0.3, 0.4) is 0 Å². The van der Waals surface area contributed by atoms with Gasteiger partial charge in [0.1, 0.15) is 11.6 Å². The standard InChI is InChI=1S/C8H4F2N4O/c9-5-1-6(10)3-7(2-5)14-4-11-8(12-14)13-15/h1-4H/p+1. The van der Waals surface area contributed by atoms with Gasteiger partial charge in [0, 0.05) is 23.4 Å². The molecule has 2 rings (SSSR count). The Kier molecular flexibility index (Phi) is 2.20. The molecule has 76 valence electrons. The second-order valence-electron chi connectivity index (χ2n) is 2.77. The average Bonchev–Trinajstić information content (AvgIpc) is 2.64. The quantitative estimate of drug-likeness (QED) is 0.602. The minimum Gasteiger partial charge on any atom is -0.207 e. The Labute approximate surface area is 82.3 Å². The predicted octanol–water partition coefficient (Wildman–Crippen LogP) is 1.36. The molecule has 0 aliphatic carbocycles. The van der Waals surface area contributed by atoms with Crippen molar-refractivity contribution < 1.29 is 13.5 Å². The van der Waals surface area contributed by atoms with Gasteiger partial charge in [0.2, 0.25) is 0 Å². The van der Waals surface area contributed by atoms with Crippen LogP contribution in [0.15, 0.2) is 29.7 Å². The molecule has 15 heavy (non-hydrogen) atoms. The smallest absolute Gasteiger partial charge is 0.207 e. The molecule has 0 atom stereocenters. The summed E-state index contributed by atoms with van der Waals surface area (Å²) in [6, 6.07) is 2.94. The van der Waals surface area contributed by atoms with Crippen LogP contribution in [0.1, 0.15) is 0 Å². The molecule has 7 heteroatoms. The zero-order chi connectivity index (χ0) is 10.8. The van der Waals surface area contributed by atoms with E-state index in [1.807, 2.05) is 0 Å². The molecule has 1 aromatic heterocycles. The highest BCUT2D eigenvalue weighted by molar-refractivity contribution is 5.23. The molecule has 0 saturated heterocycles. The van der Waals surface area contributed by atoms with Crippen molar-refractivity contribution in [2.45, 2.75) is 0 Å². The van der Waals surface area contributed by atoms with Crippen molar-refractivity contribution in [3.63, 3.8) is 0 Å². The zero-order valence-electron chi connectivity index (χ0n) is 7.32. The van der Waals surface area contributed by atoms with Crippen molar-refractivity contribution in [1.29, 1.82) is 0 Å². The topological polar surface area (TPSA) is 62.0 Å². The molecule has 1 heterocycles. The second-order valence-corrected chi connectivity index (χ2v) is 2.77. The maximum atomic E-state index is 12.8. The third-order valence-corrected chi connectivity index (χ3v) is 1.73. The van der Waals surface area contributed by atoms with E-state index >= 15 is 0 Å². The average molecular weight is 211 g/mol. The maximum Gasteiger partial charge on any atom is 0.411 e. The Morgan fingerprint density at radius 3 is 2.47 bits per heavy atom. The van der Waals surface area contributed by atoms with Gasteiger partial charge in [0.25, 0.3) is 0 Å². The highest BCUT2D eigenvalue weighted by Gasteiger charge is 2.12. The number of rotatable bonds is 2. The van der Waals surface area contributed by atoms with Crippen LogP contribution < -0.4 is 4.68 Å². The van der Waals surface area contributed by atoms with E-state index in [0.29, 0.717) is 0 Å². The van der Waals surface area contributed by atoms with Crippen LogP contribution >= 0.6 is 0 Å². The lowest BCUT2D eigenvalue weighted by Gasteiger charge is -1.94. The molecular weight excluding hydrogens is 206 g/mol. The summed E-state index contributed by atoms with van der Waals surface area (Å²) in [4.78, 5) is 13.6. The minimum absolute atomic E-state index is 0.167. The van der Waals surface area contributed by atoms with Gasteiger partial charge in [-0.05, 0) is 4.98 Å². The Balaban J connectivity index is 2.48. The highest BCUT2D eigenvalue weighted by Crippen LogP contribution is 2.07. The molecule has 0 bridgehead atoms. The van der Waals surface area contributed by atoms with Crippen LogP contribution in [-0.2, 0) is 0 Å². The first-order valence-electron chi connectivity index (χ1n) is 3.95. The lowest BCUT2D eigenvalue weighted by Crippen LogP contribution is -2.31. The van der Waals surface area contributed by atoms with Crippen molar-refractivity contribution >= 4 is 5.95 Å². The van der Waals surface area contributed by atoms with Gasteiger partial charge in [0.05, 0.1) is 0 Å². The lowest BCUT2D eigenvalue weighted by atomic mass is 10.3. The largest absolute Gasteiger partial charge is 0.411 e. The fourth-order valence-electron chi connectivity index (χ4n) is 1.13. The molecule has 0 saturated carbocycles. The van der Waals surface area contributed by atoms with Crippen molar-refractivity contribution in [2.75, 3.05) is 0 Å². The van der Waals surface area contributed by atoms with Crippen LogP contribution in [-0.4, -0.2) is 10.1 Å². The SMILES string of the molecule is O=Nc1nc[n+](-c2cc(F)cc(F)c2)[nH]1. The number of H-pyrrole nitrogens is 1. The Morgan fingerprint density at radius 1 is 1.27 bits per heavy atom. The summed E-state index contributed by atoms with van der Waals surface area (Å²) in [6.45, 7) is 0. The molecule has 1 aromatic carbocycles. The number of aromatic nitrogens is 3. The first-order chi connectivity index (χ1) is 7.19. The van der Waals surface area contributed by atoms with Gasteiger partial charge in [-0.2, -0.15) is 5.10 Å². The van der Waals surface area contributed by atoms with Gasteiger partial charge in [-0.15, -0.1) is 9.59 Å². The number of nitrogens with zero attached hydrogens (tertiary/aromatic N) is 3. The second kappa shape index (κ2) is 3.52. The molecule has 1 N–H and O–H groups in total. The summed E-state index contributed by atoms with van der Waals surface area (Å²) in [5.41, 5.74) is 0.190. The van der Waals surface area contributed by atoms with Crippen LogP contribution in [0.4, 0.5) is 14.7 Å². The normalized spacial score (nSPS) is 10.3. The van der Waals surface area contributed by atoms with E-state index in [9.17, 15) is 13.7 Å². The monoisotopic (exact) mass is 211 g/mol. The fourth-order valence-corrected chi connectivity index (χ4v) is 1.13. The van der Waals surface area contributed by atoms with E-state index in [1.165, 1.54) is 11.0 Å². The summed E-state index contributed by atoms with van der Waals surface area (Å²) in [6.07, 6.45) is 1.20. The molecule has 0 radical (unpaired) electrons. The van der Waals surface area contributed by atoms with Crippen molar-refractivity contribution in [3.05, 3.63) is 41.1 Å². The summed E-state index contributed by atoms with van der Waals surface area (Å²) >= 11 is 0. The fraction of sp³-hybridized carbons (Fsp3) is 0. The summed E-state index contributed by atoms with van der Waals surface area (Å²) < 4.78 is 26.8. The molecular formula is C8H5F2N4O+. The molecule has 2 aromatic rings. The van der Waals surface area contributed by atoms with Crippen LogP contribution in [0, 0.1) is 16.5 Å². The maximum absolute atomic E-state index is 12.8. The molecule has 0 fully saturated rings. The number of hydrogen-bond acceptors (Lipinski definition) is 3. The Hall–Kier alpha value is -2.18. The number of nitrogens with one attached hydrogen (secondary N) is 1. The van der Waals surface area contributed by atoms with E-state index in [2.05, 4.69) is 15.3 Å². The van der Waals surface area contributed by atoms with Crippen molar-refractivity contribution in [3.8, 4) is 5.69 Å². The number of hydrogen-bond donors (Lipinski definition) is 1. The minimum atomic E-state index is -0.715. The first-order valence-corrected chi connectivity index (χ1v) is 3.95. The van der Waals surface area contributed by atoms with E-state index in [1.54, 1.807) is 0 Å². The summed E-state index contributed by atoms with van der Waals surface area (Å²) in [5, 5.41) is 4.96. The Bertz CT molecular complexity index is 491. The third-order valence-electron chi connectivity index (χ3n) is 1.73. The van der Waals surface area contributed by atoms with Crippen LogP contribution in [0.5, 0.6) is 0 Å². The third kappa shape index (κ3) is 1.85. The van der Waals surface area contributed by atoms with Gasteiger partial charge in [-0.1, -0.05) is 0 Å². The predicted molar refractivity (Wildman–Crippen MR) is 45.5 cm³/mol. The molecule has 0 aliphatic rings. The first kappa shape index (κ1) is 9.38. The number of halogens is 2. The summed E-state index contributed by atoms with van der Waals surface area (Å²) in [5.74, 6) is -1.60. The number of nitroso groups, excluding NO2 is 1. The Morgan fingerprint density at radius 2 is 1.93 bits per heavy atom. The zero-order valence-corrected chi connectivity index (χ0v) is 7.32. The van der Waals surface area contributed by atoms with E-state index < -0.39 is 11.6 Å². The lowest BCUT2D eigenvalue weighted by molar-refractivity contribution is -0.656. The van der Waals surface area contributed by atoms with Crippen molar-refractivity contribution in [1.82, 2.24) is 10.1 Å². The van der Waals surface area contributed by atoms with Gasteiger partial charge in [0.15, 0.2) is 5.69 Å². The number of aromatic amines is 1. The van der Waals surface area contributed by atoms with Crippen LogP contribution in [0.2, 0.25) is 0 Å². The highest BCUT2D eigenvalue weighted by atomic mass is 19.1. The van der Waals surface area contributed by atoms with Gasteiger partial charge in [-0.25, -0.2) is 8.78 Å². The summed E-state index contributed by atoms with van der Waals surface area (Å²) in [7, 11) is 0. The van der Waals surface area contributed by atoms with Gasteiger partial charge < -0.3 is 0 Å². The van der Waals surface area contributed by atoms with E-state index in [4.69, 9.17) is 0 Å². The molecule has 0 amide bonds. The molecule has 0 aliphatic heterocycles. The van der Waals surface area contributed by atoms with E-state index in [-0.39, 0.29) is 11.6 Å². The van der Waals surface area contributed by atoms with Gasteiger partial charge in [-0.3, -0.25) is 0 Å². The molecule has 5 nitrogen and oxygen atoms in total. The van der Waals surface area contributed by atoms with Crippen LogP contribution in [0.25, 0.3) is 5.69 Å². The number of benzene rings is 1. The van der Waals surface area contributed by atoms with E-state index in [0.717, 1.165) is 18.2 Å². The molecule has 0 spiro atoms. The van der Waals surface area contributed by atoms with Gasteiger partial charge >= 0.3 is 12.3 Å². The van der Waals surface area contributed by atoms with Crippen molar-refractivity contribution in [2.24, 2.45) is 5.18 Å². The molecule has 0 unspecified atom stereocenters.